The van der Waals surface area contributed by atoms with Gasteiger partial charge in [-0.1, -0.05) is 71.7 Å². The Labute approximate surface area is 262 Å². The molecule has 44 heavy (non-hydrogen) atoms. The van der Waals surface area contributed by atoms with Crippen molar-refractivity contribution in [3.05, 3.63) is 159 Å². The molecule has 6 rings (SSSR count). The Bertz CT molecular complexity index is 1890. The van der Waals surface area contributed by atoms with Gasteiger partial charge in [-0.15, -0.1) is 0 Å². The van der Waals surface area contributed by atoms with Gasteiger partial charge < -0.3 is 9.47 Å². The van der Waals surface area contributed by atoms with Crippen LogP contribution in [0.3, 0.4) is 0 Å². The molecule has 1 aliphatic rings. The van der Waals surface area contributed by atoms with Crippen molar-refractivity contribution in [1.82, 2.24) is 0 Å². The number of ether oxygens (including phenoxy) is 2. The highest BCUT2D eigenvalue weighted by Crippen LogP contribution is 2.36. The Morgan fingerprint density at radius 2 is 1.27 bits per heavy atom. The van der Waals surface area contributed by atoms with Gasteiger partial charge in [0.1, 0.15) is 11.5 Å². The van der Waals surface area contributed by atoms with Crippen LogP contribution in [-0.2, 0) is 4.74 Å². The summed E-state index contributed by atoms with van der Waals surface area (Å²) in [6, 6.07) is 32.2. The number of fused-ring (bicyclic) bond motifs is 1. The molecule has 0 aliphatic carbocycles. The van der Waals surface area contributed by atoms with Gasteiger partial charge in [-0.3, -0.25) is 14.4 Å². The monoisotopic (exact) mass is 621 g/mol. The number of amides is 2. The van der Waals surface area contributed by atoms with E-state index in [2.05, 4.69) is 0 Å². The van der Waals surface area contributed by atoms with Crippen LogP contribution < -0.4 is 9.64 Å². The van der Waals surface area contributed by atoms with Gasteiger partial charge in [-0.2, -0.15) is 0 Å². The van der Waals surface area contributed by atoms with Crippen LogP contribution in [0.25, 0.3) is 0 Å². The first-order valence-corrected chi connectivity index (χ1v) is 14.2. The second-order valence-electron chi connectivity index (χ2n) is 9.79. The minimum Gasteiger partial charge on any atom is -0.457 e. The predicted octanol–water partition coefficient (Wildman–Crippen LogP) is 8.37. The molecule has 0 bridgehead atoms. The maximum Gasteiger partial charge on any atom is 0.339 e. The average molecular weight is 622 g/mol. The number of nitrogens with zero attached hydrogens (tertiary/aromatic N) is 1. The van der Waals surface area contributed by atoms with Crippen molar-refractivity contribution in [2.45, 2.75) is 6.10 Å². The van der Waals surface area contributed by atoms with Gasteiger partial charge in [-0.05, 0) is 72.8 Å². The third-order valence-corrected chi connectivity index (χ3v) is 7.48. The predicted molar refractivity (Wildman–Crippen MR) is 166 cm³/mol. The first kappa shape index (κ1) is 28.9. The van der Waals surface area contributed by atoms with E-state index in [-0.39, 0.29) is 28.1 Å². The Morgan fingerprint density at radius 1 is 0.636 bits per heavy atom. The van der Waals surface area contributed by atoms with Crippen LogP contribution in [0.15, 0.2) is 121 Å². The molecule has 9 heteroatoms. The summed E-state index contributed by atoms with van der Waals surface area (Å²) < 4.78 is 11.6. The van der Waals surface area contributed by atoms with Crippen LogP contribution >= 0.6 is 23.2 Å². The maximum absolute atomic E-state index is 13.5. The van der Waals surface area contributed by atoms with Gasteiger partial charge in [0, 0.05) is 21.2 Å². The zero-order valence-electron chi connectivity index (χ0n) is 22.8. The van der Waals surface area contributed by atoms with Crippen molar-refractivity contribution in [1.29, 1.82) is 0 Å². The topological polar surface area (TPSA) is 90.0 Å². The number of ketones is 1. The number of carbonyl (C=O) groups is 4. The number of hydrogen-bond donors (Lipinski definition) is 0. The van der Waals surface area contributed by atoms with E-state index in [4.69, 9.17) is 32.7 Å². The summed E-state index contributed by atoms with van der Waals surface area (Å²) in [5.74, 6) is -1.59. The summed E-state index contributed by atoms with van der Waals surface area (Å²) >= 11 is 12.0. The SMILES string of the molecule is O=C(O[C@@H](C(=O)c1ccccc1)c1ccc(Cl)cc1)c1ccc(N2C(=O)c3cccc(Oc4ccc(Cl)cc4)c3C2=O)cc1. The molecule has 1 aliphatic heterocycles. The minimum atomic E-state index is -1.22. The van der Waals surface area contributed by atoms with Crippen LogP contribution in [0.2, 0.25) is 10.0 Å². The quantitative estimate of drug-likeness (QED) is 0.0982. The zero-order chi connectivity index (χ0) is 30.8. The lowest BCUT2D eigenvalue weighted by Crippen LogP contribution is -2.29. The maximum atomic E-state index is 13.5. The van der Waals surface area contributed by atoms with E-state index in [0.29, 0.717) is 26.9 Å². The second-order valence-corrected chi connectivity index (χ2v) is 10.7. The van der Waals surface area contributed by atoms with Crippen LogP contribution in [-0.4, -0.2) is 23.6 Å². The van der Waals surface area contributed by atoms with Gasteiger partial charge in [-0.25, -0.2) is 9.69 Å². The second kappa shape index (κ2) is 12.2. The third-order valence-electron chi connectivity index (χ3n) is 6.97. The normalized spacial score (nSPS) is 12.9. The van der Waals surface area contributed by atoms with E-state index >= 15 is 0 Å². The van der Waals surface area contributed by atoms with E-state index in [1.165, 1.54) is 24.3 Å². The van der Waals surface area contributed by atoms with E-state index in [1.54, 1.807) is 97.1 Å². The highest BCUT2D eigenvalue weighted by atomic mass is 35.5. The molecule has 5 aromatic carbocycles. The number of anilines is 1. The fraction of sp³-hybridized carbons (Fsp3) is 0.0286. The van der Waals surface area contributed by atoms with Crippen LogP contribution in [0.1, 0.15) is 53.1 Å². The lowest BCUT2D eigenvalue weighted by Gasteiger charge is -2.18. The lowest BCUT2D eigenvalue weighted by atomic mass is 9.99. The Morgan fingerprint density at radius 3 is 1.93 bits per heavy atom. The summed E-state index contributed by atoms with van der Waals surface area (Å²) in [5, 5.41) is 1.00. The van der Waals surface area contributed by atoms with E-state index in [1.807, 2.05) is 0 Å². The van der Waals surface area contributed by atoms with E-state index in [0.717, 1.165) is 4.90 Å². The molecule has 0 radical (unpaired) electrons. The molecule has 5 aromatic rings. The molecular weight excluding hydrogens is 601 g/mol. The molecule has 7 nitrogen and oxygen atoms in total. The minimum absolute atomic E-state index is 0.122. The summed E-state index contributed by atoms with van der Waals surface area (Å²) in [6.45, 7) is 0. The molecule has 216 valence electrons. The number of rotatable bonds is 8. The highest BCUT2D eigenvalue weighted by Gasteiger charge is 2.39. The summed E-state index contributed by atoms with van der Waals surface area (Å²) in [5.41, 5.74) is 1.52. The smallest absolute Gasteiger partial charge is 0.339 e. The van der Waals surface area contributed by atoms with Crippen molar-refractivity contribution < 1.29 is 28.7 Å². The summed E-state index contributed by atoms with van der Waals surface area (Å²) in [6.07, 6.45) is -1.22. The molecular formula is C35H21Cl2NO6. The number of imide groups is 1. The van der Waals surface area contributed by atoms with Gasteiger partial charge in [0.05, 0.1) is 22.4 Å². The Kier molecular flexibility index (Phi) is 7.98. The average Bonchev–Trinajstić information content (AvgIpc) is 3.31. The summed E-state index contributed by atoms with van der Waals surface area (Å²) in [7, 11) is 0. The van der Waals surface area contributed by atoms with Crippen LogP contribution in [0.4, 0.5) is 5.69 Å². The summed E-state index contributed by atoms with van der Waals surface area (Å²) in [4.78, 5) is 54.4. The molecule has 0 spiro atoms. The van der Waals surface area contributed by atoms with Crippen molar-refractivity contribution in [2.75, 3.05) is 4.90 Å². The Hall–Kier alpha value is -5.24. The fourth-order valence-corrected chi connectivity index (χ4v) is 5.04. The number of benzene rings is 5. The van der Waals surface area contributed by atoms with E-state index < -0.39 is 29.7 Å². The van der Waals surface area contributed by atoms with Gasteiger partial charge >= 0.3 is 5.97 Å². The van der Waals surface area contributed by atoms with Crippen molar-refractivity contribution in [3.63, 3.8) is 0 Å². The molecule has 0 fully saturated rings. The van der Waals surface area contributed by atoms with Gasteiger partial charge in [0.2, 0.25) is 5.78 Å². The number of Topliss-reactive ketones (excluding diaryl/α,β-unsaturated/α-hetero) is 1. The molecule has 0 aromatic heterocycles. The standard InChI is InChI=1S/C35H21Cl2NO6/c36-24-13-9-22(10-14-24)32(31(39)21-5-2-1-3-6-21)44-35(42)23-11-17-26(18-12-23)38-33(40)28-7-4-8-29(30(28)34(38)41)43-27-19-15-25(37)16-20-27/h1-20,32H/t32-/m1/s1. The van der Waals surface area contributed by atoms with Crippen molar-refractivity contribution >= 4 is 52.5 Å². The zero-order valence-corrected chi connectivity index (χ0v) is 24.3. The molecule has 1 atom stereocenters. The number of hydrogen-bond acceptors (Lipinski definition) is 6. The lowest BCUT2D eigenvalue weighted by molar-refractivity contribution is 0.0280. The largest absolute Gasteiger partial charge is 0.457 e. The number of halogens is 2. The van der Waals surface area contributed by atoms with E-state index in [9.17, 15) is 19.2 Å². The molecule has 0 saturated carbocycles. The fourth-order valence-electron chi connectivity index (χ4n) is 4.79. The number of esters is 1. The van der Waals surface area contributed by atoms with Crippen molar-refractivity contribution in [2.24, 2.45) is 0 Å². The number of carbonyl (C=O) groups excluding carboxylic acids is 4. The van der Waals surface area contributed by atoms with Gasteiger partial charge in [0.25, 0.3) is 11.8 Å². The molecule has 0 N–H and O–H groups in total. The third kappa shape index (κ3) is 5.71. The van der Waals surface area contributed by atoms with Gasteiger partial charge in [0.15, 0.2) is 6.10 Å². The van der Waals surface area contributed by atoms with Crippen molar-refractivity contribution in [3.8, 4) is 11.5 Å². The van der Waals surface area contributed by atoms with Crippen LogP contribution in [0.5, 0.6) is 11.5 Å². The first-order chi connectivity index (χ1) is 21.3. The van der Waals surface area contributed by atoms with Crippen LogP contribution in [0, 0.1) is 0 Å². The molecule has 0 saturated heterocycles. The Balaban J connectivity index is 1.23. The molecule has 2 amide bonds. The molecule has 0 unspecified atom stereocenters. The first-order valence-electron chi connectivity index (χ1n) is 13.4. The molecule has 1 heterocycles. The highest BCUT2D eigenvalue weighted by molar-refractivity contribution is 6.35.